The Morgan fingerprint density at radius 2 is 1.21 bits per heavy atom. The quantitative estimate of drug-likeness (QED) is 0.779. The minimum absolute atomic E-state index is 0.459. The molecule has 0 aromatic carbocycles. The first-order valence-corrected chi connectivity index (χ1v) is 9.98. The van der Waals surface area contributed by atoms with Gasteiger partial charge in [-0.3, -0.25) is 0 Å². The molecule has 5 heteroatoms. The van der Waals surface area contributed by atoms with Gasteiger partial charge in [-0.1, -0.05) is 19.3 Å². The average molecular weight is 329 g/mol. The highest BCUT2D eigenvalue weighted by Crippen LogP contribution is 2.36. The van der Waals surface area contributed by atoms with Crippen LogP contribution < -0.4 is 10.6 Å². The Morgan fingerprint density at radius 1 is 0.708 bits per heavy atom. The van der Waals surface area contributed by atoms with Gasteiger partial charge in [-0.2, -0.15) is 15.0 Å². The fraction of sp³-hybridized carbons (Fsp3) is 0.842. The second kappa shape index (κ2) is 6.85. The summed E-state index contributed by atoms with van der Waals surface area (Å²) in [7, 11) is 0. The van der Waals surface area contributed by atoms with Crippen LogP contribution in [0.25, 0.3) is 0 Å². The maximum Gasteiger partial charge on any atom is 0.227 e. The standard InChI is InChI=1S/C19H31N5/c1-12(14-8-9-14)20-18-22-17(16-6-4-3-5-7-16)23-19(24-18)21-13(2)15-10-11-15/h12-16H,3-11H2,1-2H3,(H2,20,21,22,23,24)/t12-,13-/m1/s1. The molecule has 3 fully saturated rings. The molecule has 0 unspecified atom stereocenters. The van der Waals surface area contributed by atoms with E-state index in [4.69, 9.17) is 9.97 Å². The molecule has 5 nitrogen and oxygen atoms in total. The second-order valence-corrected chi connectivity index (χ2v) is 8.22. The molecule has 3 aliphatic rings. The van der Waals surface area contributed by atoms with Crippen LogP contribution in [0, 0.1) is 11.8 Å². The first kappa shape index (κ1) is 16.1. The maximum atomic E-state index is 4.80. The fourth-order valence-corrected chi connectivity index (χ4v) is 3.90. The van der Waals surface area contributed by atoms with Crippen molar-refractivity contribution in [3.8, 4) is 0 Å². The Bertz CT molecular complexity index is 523. The highest BCUT2D eigenvalue weighted by Gasteiger charge is 2.30. The summed E-state index contributed by atoms with van der Waals surface area (Å²) in [5.74, 6) is 4.64. The van der Waals surface area contributed by atoms with Gasteiger partial charge >= 0.3 is 0 Å². The third kappa shape index (κ3) is 3.98. The zero-order chi connectivity index (χ0) is 16.5. The van der Waals surface area contributed by atoms with Crippen LogP contribution in [0.2, 0.25) is 0 Å². The molecule has 0 spiro atoms. The highest BCUT2D eigenvalue weighted by atomic mass is 15.2. The van der Waals surface area contributed by atoms with Crippen molar-refractivity contribution >= 4 is 11.9 Å². The van der Waals surface area contributed by atoms with Crippen molar-refractivity contribution in [3.05, 3.63) is 5.82 Å². The Labute approximate surface area is 145 Å². The Morgan fingerprint density at radius 3 is 1.67 bits per heavy atom. The third-order valence-electron chi connectivity index (χ3n) is 5.99. The average Bonchev–Trinajstić information content (AvgIpc) is 3.48. The molecule has 0 bridgehead atoms. The lowest BCUT2D eigenvalue weighted by Crippen LogP contribution is -2.24. The molecule has 1 heterocycles. The summed E-state index contributed by atoms with van der Waals surface area (Å²) in [6.45, 7) is 4.50. The minimum atomic E-state index is 0.459. The lowest BCUT2D eigenvalue weighted by molar-refractivity contribution is 0.428. The Hall–Kier alpha value is -1.39. The third-order valence-corrected chi connectivity index (χ3v) is 5.99. The summed E-state index contributed by atoms with van der Waals surface area (Å²) in [6, 6.07) is 0.917. The van der Waals surface area contributed by atoms with E-state index < -0.39 is 0 Å². The van der Waals surface area contributed by atoms with Crippen LogP contribution in [-0.2, 0) is 0 Å². The lowest BCUT2D eigenvalue weighted by atomic mass is 9.89. The molecule has 0 radical (unpaired) electrons. The number of aromatic nitrogens is 3. The van der Waals surface area contributed by atoms with Gasteiger partial charge in [0.2, 0.25) is 11.9 Å². The van der Waals surface area contributed by atoms with Gasteiger partial charge in [0.15, 0.2) is 0 Å². The molecule has 3 saturated carbocycles. The van der Waals surface area contributed by atoms with Crippen LogP contribution in [0.1, 0.15) is 83.4 Å². The van der Waals surface area contributed by atoms with Crippen molar-refractivity contribution in [2.24, 2.45) is 11.8 Å². The molecule has 0 saturated heterocycles. The van der Waals surface area contributed by atoms with Crippen LogP contribution in [0.3, 0.4) is 0 Å². The normalized spacial score (nSPS) is 24.4. The molecular weight excluding hydrogens is 298 g/mol. The van der Waals surface area contributed by atoms with E-state index in [0.717, 1.165) is 29.6 Å². The molecule has 132 valence electrons. The van der Waals surface area contributed by atoms with Crippen molar-refractivity contribution in [2.45, 2.75) is 89.6 Å². The van der Waals surface area contributed by atoms with Gasteiger partial charge in [0.05, 0.1) is 0 Å². The van der Waals surface area contributed by atoms with E-state index in [2.05, 4.69) is 29.5 Å². The Balaban J connectivity index is 1.53. The summed E-state index contributed by atoms with van der Waals surface area (Å²) in [6.07, 6.45) is 11.7. The SMILES string of the molecule is C[C@@H](Nc1nc(N[C@H](C)C2CC2)nc(C2CCCCC2)n1)C1CC1. The zero-order valence-corrected chi connectivity index (χ0v) is 15.1. The number of rotatable bonds is 7. The van der Waals surface area contributed by atoms with Gasteiger partial charge in [0.1, 0.15) is 5.82 Å². The summed E-state index contributed by atoms with van der Waals surface area (Å²) in [5.41, 5.74) is 0. The molecule has 2 atom stereocenters. The van der Waals surface area contributed by atoms with Gasteiger partial charge in [0, 0.05) is 18.0 Å². The molecule has 2 N–H and O–H groups in total. The van der Waals surface area contributed by atoms with E-state index >= 15 is 0 Å². The smallest absolute Gasteiger partial charge is 0.227 e. The topological polar surface area (TPSA) is 62.7 Å². The number of nitrogens with zero attached hydrogens (tertiary/aromatic N) is 3. The fourth-order valence-electron chi connectivity index (χ4n) is 3.90. The molecule has 3 aliphatic carbocycles. The predicted molar refractivity (Wildman–Crippen MR) is 97.3 cm³/mol. The minimum Gasteiger partial charge on any atom is -0.351 e. The molecule has 0 aliphatic heterocycles. The van der Waals surface area contributed by atoms with Crippen LogP contribution in [0.4, 0.5) is 11.9 Å². The van der Waals surface area contributed by atoms with Crippen molar-refractivity contribution in [2.75, 3.05) is 10.6 Å². The van der Waals surface area contributed by atoms with Gasteiger partial charge in [-0.25, -0.2) is 0 Å². The predicted octanol–water partition coefficient (Wildman–Crippen LogP) is 4.34. The number of hydrogen-bond acceptors (Lipinski definition) is 5. The van der Waals surface area contributed by atoms with Crippen molar-refractivity contribution in [3.63, 3.8) is 0 Å². The van der Waals surface area contributed by atoms with Crippen LogP contribution in [-0.4, -0.2) is 27.0 Å². The summed E-state index contributed by atoms with van der Waals surface area (Å²) < 4.78 is 0. The van der Waals surface area contributed by atoms with E-state index in [0.29, 0.717) is 18.0 Å². The number of hydrogen-bond donors (Lipinski definition) is 2. The van der Waals surface area contributed by atoms with Gasteiger partial charge in [-0.05, 0) is 64.2 Å². The first-order chi connectivity index (χ1) is 11.7. The summed E-state index contributed by atoms with van der Waals surface area (Å²) >= 11 is 0. The molecule has 0 amide bonds. The van der Waals surface area contributed by atoms with Crippen molar-refractivity contribution in [1.82, 2.24) is 15.0 Å². The summed E-state index contributed by atoms with van der Waals surface area (Å²) in [5, 5.41) is 7.08. The van der Waals surface area contributed by atoms with E-state index in [9.17, 15) is 0 Å². The van der Waals surface area contributed by atoms with Crippen LogP contribution in [0.5, 0.6) is 0 Å². The second-order valence-electron chi connectivity index (χ2n) is 8.22. The van der Waals surface area contributed by atoms with Crippen LogP contribution >= 0.6 is 0 Å². The van der Waals surface area contributed by atoms with Gasteiger partial charge in [-0.15, -0.1) is 0 Å². The van der Waals surface area contributed by atoms with Crippen molar-refractivity contribution < 1.29 is 0 Å². The zero-order valence-electron chi connectivity index (χ0n) is 15.1. The first-order valence-electron chi connectivity index (χ1n) is 9.98. The molecule has 1 aromatic heterocycles. The van der Waals surface area contributed by atoms with E-state index in [-0.39, 0.29) is 0 Å². The van der Waals surface area contributed by atoms with Gasteiger partial charge in [0.25, 0.3) is 0 Å². The molecule has 24 heavy (non-hydrogen) atoms. The van der Waals surface area contributed by atoms with Crippen LogP contribution in [0.15, 0.2) is 0 Å². The maximum absolute atomic E-state index is 4.80. The number of nitrogens with one attached hydrogen (secondary N) is 2. The van der Waals surface area contributed by atoms with E-state index in [1.807, 2.05) is 0 Å². The van der Waals surface area contributed by atoms with Gasteiger partial charge < -0.3 is 10.6 Å². The molecule has 1 aromatic rings. The lowest BCUT2D eigenvalue weighted by Gasteiger charge is -2.22. The monoisotopic (exact) mass is 329 g/mol. The largest absolute Gasteiger partial charge is 0.351 e. The highest BCUT2D eigenvalue weighted by molar-refractivity contribution is 5.37. The van der Waals surface area contributed by atoms with E-state index in [1.54, 1.807) is 0 Å². The number of anilines is 2. The summed E-state index contributed by atoms with van der Waals surface area (Å²) in [4.78, 5) is 14.3. The Kier molecular flexibility index (Phi) is 4.59. The van der Waals surface area contributed by atoms with E-state index in [1.165, 1.54) is 57.8 Å². The molecule has 4 rings (SSSR count). The van der Waals surface area contributed by atoms with Crippen molar-refractivity contribution in [1.29, 1.82) is 0 Å². The molecular formula is C19H31N5.